The lowest BCUT2D eigenvalue weighted by atomic mass is 10.00. The lowest BCUT2D eigenvalue weighted by Gasteiger charge is -2.32. The number of aromatic amines is 1. The van der Waals surface area contributed by atoms with E-state index in [1.165, 1.54) is 10.6 Å². The Hall–Kier alpha value is -3.30. The number of nitrogens with zero attached hydrogens (tertiary/aromatic N) is 6. The van der Waals surface area contributed by atoms with E-state index in [0.29, 0.717) is 29.7 Å². The first kappa shape index (κ1) is 15.9. The fourth-order valence-corrected chi connectivity index (χ4v) is 3.56. The van der Waals surface area contributed by atoms with Gasteiger partial charge in [0.15, 0.2) is 0 Å². The number of nitrogens with one attached hydrogen (secondary N) is 1. The first-order chi connectivity index (χ1) is 13.1. The number of imidazole rings is 1. The summed E-state index contributed by atoms with van der Waals surface area (Å²) in [5, 5.41) is 12.6. The number of aryl methyl sites for hydroxylation is 1. The van der Waals surface area contributed by atoms with Crippen molar-refractivity contribution in [1.29, 1.82) is 0 Å². The van der Waals surface area contributed by atoms with E-state index in [2.05, 4.69) is 25.3 Å². The average molecular weight is 371 g/mol. The Morgan fingerprint density at radius 1 is 1.33 bits per heavy atom. The molecule has 5 heterocycles. The maximum absolute atomic E-state index is 13.4. The monoisotopic (exact) mass is 371 g/mol. The first-order valence-electron chi connectivity index (χ1n) is 8.47. The molecular weight excluding hydrogens is 356 g/mol. The zero-order valence-corrected chi connectivity index (χ0v) is 14.3. The predicted molar refractivity (Wildman–Crippen MR) is 90.7 cm³/mol. The van der Waals surface area contributed by atoms with Crippen LogP contribution in [0.3, 0.4) is 0 Å². The predicted octanol–water partition coefficient (Wildman–Crippen LogP) is 2.84. The number of halogens is 2. The maximum atomic E-state index is 13.4. The molecule has 1 unspecified atom stereocenters. The Kier molecular flexibility index (Phi) is 3.46. The Labute approximate surface area is 151 Å². The summed E-state index contributed by atoms with van der Waals surface area (Å²) in [6.07, 6.45) is 1.42. The van der Waals surface area contributed by atoms with Crippen LogP contribution in [-0.4, -0.2) is 36.3 Å². The number of rotatable bonds is 3. The van der Waals surface area contributed by atoms with Crippen LogP contribution in [0.1, 0.15) is 41.0 Å². The number of H-pyrrole nitrogens is 1. The lowest BCUT2D eigenvalue weighted by molar-refractivity contribution is 0.152. The van der Waals surface area contributed by atoms with Gasteiger partial charge in [0.2, 0.25) is 5.89 Å². The van der Waals surface area contributed by atoms with E-state index < -0.39 is 12.5 Å². The third-order valence-corrected chi connectivity index (χ3v) is 4.75. The quantitative estimate of drug-likeness (QED) is 0.596. The van der Waals surface area contributed by atoms with Crippen LogP contribution in [0.5, 0.6) is 0 Å². The minimum atomic E-state index is -2.58. The van der Waals surface area contributed by atoms with Gasteiger partial charge in [0.05, 0.1) is 23.2 Å². The number of anilines is 1. The van der Waals surface area contributed by atoms with Crippen molar-refractivity contribution < 1.29 is 13.2 Å². The Balaban J connectivity index is 1.68. The third kappa shape index (κ3) is 2.47. The highest BCUT2D eigenvalue weighted by Crippen LogP contribution is 2.37. The van der Waals surface area contributed by atoms with Crippen molar-refractivity contribution in [2.75, 3.05) is 11.4 Å². The molecule has 1 atom stereocenters. The minimum Gasteiger partial charge on any atom is -0.408 e. The van der Waals surface area contributed by atoms with E-state index >= 15 is 0 Å². The SMILES string of the molecule is Cc1nnc(N2CCc3[nH]cnc3C2c2cc3c(C(F)F)cccn3n2)o1. The Bertz CT molecular complexity index is 1120. The standard InChI is InChI=1S/C17H15F2N7O/c1-9-22-23-17(27-9)25-6-4-11-14(21-8-20-11)15(25)12-7-13-10(16(18)19)3-2-5-26(13)24-12/h2-3,5,7-8,15-16H,4,6H2,1H3,(H,20,21). The van der Waals surface area contributed by atoms with Gasteiger partial charge >= 0.3 is 6.01 Å². The fraction of sp³-hybridized carbons (Fsp3) is 0.294. The summed E-state index contributed by atoms with van der Waals surface area (Å²) < 4.78 is 33.8. The number of alkyl halides is 2. The molecule has 1 aliphatic heterocycles. The summed E-state index contributed by atoms with van der Waals surface area (Å²) in [7, 11) is 0. The van der Waals surface area contributed by atoms with E-state index in [4.69, 9.17) is 4.42 Å². The molecule has 5 rings (SSSR count). The van der Waals surface area contributed by atoms with E-state index in [1.54, 1.807) is 31.6 Å². The smallest absolute Gasteiger partial charge is 0.319 e. The molecule has 138 valence electrons. The van der Waals surface area contributed by atoms with E-state index in [0.717, 1.165) is 17.8 Å². The number of aromatic nitrogens is 6. The molecule has 0 aromatic carbocycles. The van der Waals surface area contributed by atoms with Crippen LogP contribution in [0, 0.1) is 6.92 Å². The zero-order valence-electron chi connectivity index (χ0n) is 14.3. The van der Waals surface area contributed by atoms with Gasteiger partial charge in [-0.15, -0.1) is 5.10 Å². The second-order valence-electron chi connectivity index (χ2n) is 6.38. The third-order valence-electron chi connectivity index (χ3n) is 4.75. The lowest BCUT2D eigenvalue weighted by Crippen LogP contribution is -2.36. The summed E-state index contributed by atoms with van der Waals surface area (Å²) >= 11 is 0. The van der Waals surface area contributed by atoms with Gasteiger partial charge in [-0.1, -0.05) is 5.10 Å². The van der Waals surface area contributed by atoms with Crippen LogP contribution in [0.2, 0.25) is 0 Å². The van der Waals surface area contributed by atoms with Gasteiger partial charge in [-0.25, -0.2) is 18.3 Å². The number of fused-ring (bicyclic) bond motifs is 2. The van der Waals surface area contributed by atoms with Gasteiger partial charge in [-0.05, 0) is 18.2 Å². The van der Waals surface area contributed by atoms with Gasteiger partial charge in [0.25, 0.3) is 6.43 Å². The summed E-state index contributed by atoms with van der Waals surface area (Å²) in [5.74, 6) is 0.451. The number of hydrogen-bond acceptors (Lipinski definition) is 6. The second kappa shape index (κ2) is 5.86. The van der Waals surface area contributed by atoms with Crippen LogP contribution in [0.4, 0.5) is 14.8 Å². The van der Waals surface area contributed by atoms with Gasteiger partial charge in [-0.3, -0.25) is 0 Å². The van der Waals surface area contributed by atoms with Gasteiger partial charge in [0, 0.05) is 37.3 Å². The fourth-order valence-electron chi connectivity index (χ4n) is 3.56. The molecule has 0 radical (unpaired) electrons. The van der Waals surface area contributed by atoms with Crippen molar-refractivity contribution in [2.24, 2.45) is 0 Å². The molecule has 1 aliphatic rings. The van der Waals surface area contributed by atoms with Crippen LogP contribution in [-0.2, 0) is 6.42 Å². The highest BCUT2D eigenvalue weighted by Gasteiger charge is 2.36. The van der Waals surface area contributed by atoms with Crippen molar-refractivity contribution in [3.63, 3.8) is 0 Å². The molecule has 4 aromatic rings. The van der Waals surface area contributed by atoms with Crippen molar-refractivity contribution in [2.45, 2.75) is 25.8 Å². The first-order valence-corrected chi connectivity index (χ1v) is 8.47. The Morgan fingerprint density at radius 2 is 2.22 bits per heavy atom. The number of hydrogen-bond donors (Lipinski definition) is 1. The molecule has 0 fully saturated rings. The van der Waals surface area contributed by atoms with Crippen molar-refractivity contribution in [3.8, 4) is 0 Å². The van der Waals surface area contributed by atoms with E-state index in [-0.39, 0.29) is 5.56 Å². The van der Waals surface area contributed by atoms with E-state index in [1.807, 2.05) is 4.90 Å². The van der Waals surface area contributed by atoms with Gasteiger partial charge in [0.1, 0.15) is 6.04 Å². The minimum absolute atomic E-state index is 0.0607. The molecule has 10 heteroatoms. The Morgan fingerprint density at radius 3 is 3.00 bits per heavy atom. The van der Waals surface area contributed by atoms with Crippen LogP contribution < -0.4 is 4.90 Å². The molecule has 0 amide bonds. The molecule has 0 saturated carbocycles. The maximum Gasteiger partial charge on any atom is 0.319 e. The molecule has 1 N–H and O–H groups in total. The normalized spacial score (nSPS) is 17.0. The molecule has 4 aromatic heterocycles. The molecular formula is C17H15F2N7O. The van der Waals surface area contributed by atoms with Crippen LogP contribution >= 0.6 is 0 Å². The van der Waals surface area contributed by atoms with Gasteiger partial charge in [-0.2, -0.15) is 5.10 Å². The second-order valence-corrected chi connectivity index (χ2v) is 6.38. The average Bonchev–Trinajstić information content (AvgIpc) is 3.38. The molecule has 0 spiro atoms. The van der Waals surface area contributed by atoms with Crippen molar-refractivity contribution in [3.05, 3.63) is 59.3 Å². The topological polar surface area (TPSA) is 88.1 Å². The van der Waals surface area contributed by atoms with Crippen LogP contribution in [0.15, 0.2) is 35.1 Å². The summed E-state index contributed by atoms with van der Waals surface area (Å²) in [6.45, 7) is 2.33. The van der Waals surface area contributed by atoms with Crippen molar-refractivity contribution >= 4 is 11.5 Å². The molecule has 27 heavy (non-hydrogen) atoms. The van der Waals surface area contributed by atoms with Crippen LogP contribution in [0.25, 0.3) is 5.52 Å². The van der Waals surface area contributed by atoms with Crippen molar-refractivity contribution in [1.82, 2.24) is 29.8 Å². The zero-order chi connectivity index (χ0) is 18.5. The highest BCUT2D eigenvalue weighted by atomic mass is 19.3. The largest absolute Gasteiger partial charge is 0.408 e. The molecule has 0 aliphatic carbocycles. The van der Waals surface area contributed by atoms with E-state index in [9.17, 15) is 8.78 Å². The number of pyridine rings is 1. The highest BCUT2D eigenvalue weighted by molar-refractivity contribution is 5.58. The van der Waals surface area contributed by atoms with Gasteiger partial charge < -0.3 is 14.3 Å². The molecule has 0 bridgehead atoms. The summed E-state index contributed by atoms with van der Waals surface area (Å²) in [5.41, 5.74) is 2.66. The molecule has 8 nitrogen and oxygen atoms in total. The molecule has 0 saturated heterocycles. The summed E-state index contributed by atoms with van der Waals surface area (Å²) in [6, 6.07) is 4.59. The summed E-state index contributed by atoms with van der Waals surface area (Å²) in [4.78, 5) is 9.49.